The van der Waals surface area contributed by atoms with Gasteiger partial charge in [0.2, 0.25) is 15.9 Å². The van der Waals surface area contributed by atoms with Gasteiger partial charge in [-0.05, 0) is 50.1 Å². The molecule has 2 rings (SSSR count). The molecule has 2 N–H and O–H groups in total. The van der Waals surface area contributed by atoms with Gasteiger partial charge < -0.3 is 14.5 Å². The van der Waals surface area contributed by atoms with Crippen molar-refractivity contribution in [2.45, 2.75) is 38.6 Å². The van der Waals surface area contributed by atoms with E-state index in [0.717, 1.165) is 11.1 Å². The second kappa shape index (κ2) is 9.03. The quantitative estimate of drug-likeness (QED) is 0.646. The standard InChI is InChI=1S/C19H24N2O6S/c1-12-5-6-16(9-13(12)2)28(24,25)21-8-7-18(22)20-11-15-10-17(14(3)27-15)19(23)26-4/h5-6,9-10,21H,7-8,11H2,1-4H3,(H,20,22). The Hall–Kier alpha value is -2.65. The van der Waals surface area contributed by atoms with Crippen LogP contribution in [0.15, 0.2) is 33.6 Å². The maximum Gasteiger partial charge on any atom is 0.341 e. The third kappa shape index (κ3) is 5.43. The second-order valence-corrected chi connectivity index (χ2v) is 8.11. The molecule has 1 heterocycles. The fourth-order valence-corrected chi connectivity index (χ4v) is 3.60. The minimum atomic E-state index is -3.68. The normalized spacial score (nSPS) is 11.3. The van der Waals surface area contributed by atoms with Gasteiger partial charge in [-0.2, -0.15) is 0 Å². The summed E-state index contributed by atoms with van der Waals surface area (Å²) in [5.74, 6) is -0.0600. The molecule has 0 spiro atoms. The summed E-state index contributed by atoms with van der Waals surface area (Å²) in [7, 11) is -2.40. The number of hydrogen-bond acceptors (Lipinski definition) is 6. The van der Waals surface area contributed by atoms with Crippen LogP contribution in [-0.2, 0) is 26.1 Å². The summed E-state index contributed by atoms with van der Waals surface area (Å²) in [6.07, 6.45) is -0.0341. The molecule has 0 saturated heterocycles. The zero-order valence-electron chi connectivity index (χ0n) is 16.3. The molecule has 0 aliphatic carbocycles. The van der Waals surface area contributed by atoms with Crippen LogP contribution in [0.1, 0.15) is 39.4 Å². The van der Waals surface area contributed by atoms with Crippen LogP contribution in [0.5, 0.6) is 0 Å². The first kappa shape index (κ1) is 21.6. The van der Waals surface area contributed by atoms with E-state index in [4.69, 9.17) is 4.42 Å². The van der Waals surface area contributed by atoms with E-state index < -0.39 is 16.0 Å². The van der Waals surface area contributed by atoms with E-state index in [1.807, 2.05) is 13.8 Å². The number of carbonyl (C=O) groups excluding carboxylic acids is 2. The highest BCUT2D eigenvalue weighted by Gasteiger charge is 2.17. The summed E-state index contributed by atoms with van der Waals surface area (Å²) >= 11 is 0. The number of rotatable bonds is 8. The molecule has 0 fully saturated rings. The fourth-order valence-electron chi connectivity index (χ4n) is 2.48. The van der Waals surface area contributed by atoms with Gasteiger partial charge in [-0.1, -0.05) is 6.07 Å². The molecule has 0 radical (unpaired) electrons. The first-order chi connectivity index (χ1) is 13.1. The van der Waals surface area contributed by atoms with E-state index >= 15 is 0 Å². The molecule has 0 saturated carbocycles. The number of carbonyl (C=O) groups is 2. The number of sulfonamides is 1. The number of methoxy groups -OCH3 is 1. The Labute approximate surface area is 164 Å². The molecular formula is C19H24N2O6S. The lowest BCUT2D eigenvalue weighted by Crippen LogP contribution is -2.30. The number of nitrogens with one attached hydrogen (secondary N) is 2. The average Bonchev–Trinajstić information content (AvgIpc) is 3.02. The predicted octanol–water partition coefficient (Wildman–Crippen LogP) is 1.98. The molecule has 9 heteroatoms. The first-order valence-corrected chi connectivity index (χ1v) is 10.1. The van der Waals surface area contributed by atoms with E-state index in [0.29, 0.717) is 17.1 Å². The van der Waals surface area contributed by atoms with Gasteiger partial charge in [0.15, 0.2) is 0 Å². The summed E-state index contributed by atoms with van der Waals surface area (Å²) in [5, 5.41) is 2.62. The van der Waals surface area contributed by atoms with Crippen molar-refractivity contribution in [1.29, 1.82) is 0 Å². The van der Waals surface area contributed by atoms with Crippen molar-refractivity contribution in [3.05, 3.63) is 52.5 Å². The molecule has 0 bridgehead atoms. The van der Waals surface area contributed by atoms with E-state index in [1.165, 1.54) is 19.2 Å². The van der Waals surface area contributed by atoms with Crippen molar-refractivity contribution >= 4 is 21.9 Å². The van der Waals surface area contributed by atoms with Crippen LogP contribution >= 0.6 is 0 Å². The molecule has 0 atom stereocenters. The number of furan rings is 1. The monoisotopic (exact) mass is 408 g/mol. The Kier molecular flexibility index (Phi) is 6.98. The lowest BCUT2D eigenvalue weighted by molar-refractivity contribution is -0.121. The highest BCUT2D eigenvalue weighted by Crippen LogP contribution is 2.16. The maximum atomic E-state index is 12.3. The number of hydrogen-bond donors (Lipinski definition) is 2. The Morgan fingerprint density at radius 1 is 1.11 bits per heavy atom. The number of benzene rings is 1. The topological polar surface area (TPSA) is 115 Å². The Morgan fingerprint density at radius 3 is 2.46 bits per heavy atom. The SMILES string of the molecule is COC(=O)c1cc(CNC(=O)CCNS(=O)(=O)c2ccc(C)c(C)c2)oc1C. The third-order valence-corrected chi connectivity index (χ3v) is 5.73. The number of esters is 1. The Bertz CT molecular complexity index is 978. The largest absolute Gasteiger partial charge is 0.465 e. The molecule has 28 heavy (non-hydrogen) atoms. The summed E-state index contributed by atoms with van der Waals surface area (Å²) in [4.78, 5) is 23.6. The molecule has 1 aromatic heterocycles. The van der Waals surface area contributed by atoms with Crippen LogP contribution in [0.2, 0.25) is 0 Å². The molecule has 8 nitrogen and oxygen atoms in total. The third-order valence-electron chi connectivity index (χ3n) is 4.27. The lowest BCUT2D eigenvalue weighted by Gasteiger charge is -2.09. The highest BCUT2D eigenvalue weighted by atomic mass is 32.2. The van der Waals surface area contributed by atoms with Crippen molar-refractivity contribution in [3.8, 4) is 0 Å². The average molecular weight is 408 g/mol. The highest BCUT2D eigenvalue weighted by molar-refractivity contribution is 7.89. The van der Waals surface area contributed by atoms with E-state index in [-0.39, 0.29) is 30.3 Å². The first-order valence-electron chi connectivity index (χ1n) is 8.65. The molecule has 152 valence electrons. The Morgan fingerprint density at radius 2 is 1.82 bits per heavy atom. The number of ether oxygens (including phenoxy) is 1. The van der Waals surface area contributed by atoms with Gasteiger partial charge in [0.1, 0.15) is 17.1 Å². The summed E-state index contributed by atoms with van der Waals surface area (Å²) in [6.45, 7) is 5.41. The summed E-state index contributed by atoms with van der Waals surface area (Å²) in [5.41, 5.74) is 2.18. The molecule has 0 unspecified atom stereocenters. The molecular weight excluding hydrogens is 384 g/mol. The zero-order chi connectivity index (χ0) is 20.9. The van der Waals surface area contributed by atoms with E-state index in [2.05, 4.69) is 14.8 Å². The number of aryl methyl sites for hydroxylation is 3. The molecule has 1 aromatic carbocycles. The zero-order valence-corrected chi connectivity index (χ0v) is 17.1. The van der Waals surface area contributed by atoms with Gasteiger partial charge in [0.05, 0.1) is 18.6 Å². The van der Waals surface area contributed by atoms with Crippen LogP contribution in [0.4, 0.5) is 0 Å². The summed E-state index contributed by atoms with van der Waals surface area (Å²) in [6, 6.07) is 6.37. The Balaban J connectivity index is 1.84. The fraction of sp³-hybridized carbons (Fsp3) is 0.368. The van der Waals surface area contributed by atoms with Crippen LogP contribution in [0.25, 0.3) is 0 Å². The van der Waals surface area contributed by atoms with Crippen molar-refractivity contribution in [1.82, 2.24) is 10.0 Å². The lowest BCUT2D eigenvalue weighted by atomic mass is 10.1. The van der Waals surface area contributed by atoms with Crippen LogP contribution < -0.4 is 10.0 Å². The van der Waals surface area contributed by atoms with Crippen LogP contribution in [-0.4, -0.2) is 33.9 Å². The predicted molar refractivity (Wildman–Crippen MR) is 102 cm³/mol. The van der Waals surface area contributed by atoms with Crippen LogP contribution in [0.3, 0.4) is 0 Å². The van der Waals surface area contributed by atoms with Gasteiger partial charge in [-0.25, -0.2) is 17.9 Å². The van der Waals surface area contributed by atoms with Gasteiger partial charge in [-0.15, -0.1) is 0 Å². The smallest absolute Gasteiger partial charge is 0.341 e. The molecule has 2 aromatic rings. The maximum absolute atomic E-state index is 12.3. The number of amides is 1. The minimum absolute atomic E-state index is 0.0341. The van der Waals surface area contributed by atoms with Crippen molar-refractivity contribution < 1.29 is 27.2 Å². The van der Waals surface area contributed by atoms with Gasteiger partial charge in [0, 0.05) is 13.0 Å². The minimum Gasteiger partial charge on any atom is -0.465 e. The van der Waals surface area contributed by atoms with Crippen molar-refractivity contribution in [3.63, 3.8) is 0 Å². The molecule has 1 amide bonds. The summed E-state index contributed by atoms with van der Waals surface area (Å²) < 4.78 is 37.0. The van der Waals surface area contributed by atoms with E-state index in [9.17, 15) is 18.0 Å². The van der Waals surface area contributed by atoms with Gasteiger partial charge >= 0.3 is 5.97 Å². The second-order valence-electron chi connectivity index (χ2n) is 6.34. The molecule has 0 aliphatic rings. The molecule has 0 aliphatic heterocycles. The van der Waals surface area contributed by atoms with Crippen molar-refractivity contribution in [2.24, 2.45) is 0 Å². The van der Waals surface area contributed by atoms with Gasteiger partial charge in [-0.3, -0.25) is 4.79 Å². The van der Waals surface area contributed by atoms with Crippen molar-refractivity contribution in [2.75, 3.05) is 13.7 Å². The van der Waals surface area contributed by atoms with Crippen LogP contribution in [0, 0.1) is 20.8 Å². The van der Waals surface area contributed by atoms with Gasteiger partial charge in [0.25, 0.3) is 0 Å². The van der Waals surface area contributed by atoms with E-state index in [1.54, 1.807) is 19.1 Å².